The van der Waals surface area contributed by atoms with Crippen molar-refractivity contribution in [2.45, 2.75) is 12.5 Å². The van der Waals surface area contributed by atoms with Crippen LogP contribution in [0.5, 0.6) is 0 Å². The van der Waals surface area contributed by atoms with E-state index >= 15 is 0 Å². The quantitative estimate of drug-likeness (QED) is 0.653. The first-order chi connectivity index (χ1) is 13.3. The zero-order valence-electron chi connectivity index (χ0n) is 15.4. The number of nitrogens with one attached hydrogen (secondary N) is 2. The van der Waals surface area contributed by atoms with E-state index in [1.807, 2.05) is 36.4 Å². The summed E-state index contributed by atoms with van der Waals surface area (Å²) in [5, 5.41) is 13.6. The zero-order valence-corrected chi connectivity index (χ0v) is 16.2. The van der Waals surface area contributed by atoms with E-state index in [0.29, 0.717) is 11.1 Å². The number of carbonyl (C=O) groups is 2. The predicted octanol–water partition coefficient (Wildman–Crippen LogP) is 1.53. The second-order valence-electron chi connectivity index (χ2n) is 6.23. The van der Waals surface area contributed by atoms with Crippen LogP contribution in [0.15, 0.2) is 54.6 Å². The molecule has 2 rings (SSSR count). The summed E-state index contributed by atoms with van der Waals surface area (Å²) in [5.74, 6) is -1.74. The third-order valence-electron chi connectivity index (χ3n) is 3.88. The van der Waals surface area contributed by atoms with Gasteiger partial charge in [0.05, 0.1) is 18.2 Å². The van der Waals surface area contributed by atoms with Gasteiger partial charge in [0.25, 0.3) is 5.91 Å². The van der Waals surface area contributed by atoms with Crippen LogP contribution in [-0.4, -0.2) is 44.8 Å². The molecule has 1 atom stereocenters. The Balaban J connectivity index is 2.26. The summed E-state index contributed by atoms with van der Waals surface area (Å²) < 4.78 is 23.4. The van der Waals surface area contributed by atoms with Crippen molar-refractivity contribution in [3.63, 3.8) is 0 Å². The lowest BCUT2D eigenvalue weighted by atomic mass is 9.99. The van der Waals surface area contributed by atoms with Gasteiger partial charge in [-0.25, -0.2) is 8.42 Å². The number of carbonyl (C=O) groups excluding carboxylic acids is 2. The molecule has 0 aliphatic rings. The lowest BCUT2D eigenvalue weighted by Gasteiger charge is -2.18. The van der Waals surface area contributed by atoms with Gasteiger partial charge < -0.3 is 10.6 Å². The molecule has 0 fully saturated rings. The molecule has 0 saturated heterocycles. The predicted molar refractivity (Wildman–Crippen MR) is 106 cm³/mol. The van der Waals surface area contributed by atoms with Crippen LogP contribution in [-0.2, 0) is 14.6 Å². The van der Waals surface area contributed by atoms with Crippen molar-refractivity contribution < 1.29 is 18.0 Å². The highest BCUT2D eigenvalue weighted by atomic mass is 32.2. The maximum atomic E-state index is 12.8. The monoisotopic (exact) mass is 399 g/mol. The largest absolute Gasteiger partial charge is 0.353 e. The van der Waals surface area contributed by atoms with E-state index < -0.39 is 33.4 Å². The van der Waals surface area contributed by atoms with Crippen LogP contribution in [0, 0.1) is 11.3 Å². The van der Waals surface area contributed by atoms with Gasteiger partial charge in [-0.3, -0.25) is 9.59 Å². The van der Waals surface area contributed by atoms with Gasteiger partial charge in [0.1, 0.15) is 15.9 Å². The first-order valence-electron chi connectivity index (χ1n) is 8.59. The number of benzene rings is 2. The number of nitrogens with zero attached hydrogens (tertiary/aromatic N) is 1. The van der Waals surface area contributed by atoms with Gasteiger partial charge in [-0.15, -0.1) is 0 Å². The first kappa shape index (κ1) is 21.1. The Morgan fingerprint density at radius 3 is 2.36 bits per heavy atom. The number of nitriles is 1. The highest BCUT2D eigenvalue weighted by Crippen LogP contribution is 2.23. The minimum atomic E-state index is -3.53. The minimum Gasteiger partial charge on any atom is -0.353 e. The van der Waals surface area contributed by atoms with Gasteiger partial charge in [0.15, 0.2) is 0 Å². The van der Waals surface area contributed by atoms with E-state index in [9.17, 15) is 18.0 Å². The fourth-order valence-electron chi connectivity index (χ4n) is 2.64. The second kappa shape index (κ2) is 9.67. The van der Waals surface area contributed by atoms with E-state index in [1.165, 1.54) is 0 Å². The Morgan fingerprint density at radius 2 is 1.71 bits per heavy atom. The van der Waals surface area contributed by atoms with Gasteiger partial charge in [0.2, 0.25) is 5.91 Å². The Hall–Kier alpha value is -3.18. The Labute approximate surface area is 164 Å². The smallest absolute Gasteiger partial charge is 0.252 e. The molecule has 146 valence electrons. The van der Waals surface area contributed by atoms with Crippen molar-refractivity contribution in [3.8, 4) is 17.2 Å². The molecule has 0 bridgehead atoms. The van der Waals surface area contributed by atoms with E-state index in [-0.39, 0.29) is 13.0 Å². The highest BCUT2D eigenvalue weighted by Gasteiger charge is 2.26. The fraction of sp³-hybridized carbons (Fsp3) is 0.250. The average Bonchev–Trinajstić information content (AvgIpc) is 2.67. The Morgan fingerprint density at radius 1 is 1.07 bits per heavy atom. The highest BCUT2D eigenvalue weighted by molar-refractivity contribution is 7.90. The van der Waals surface area contributed by atoms with E-state index in [1.54, 1.807) is 24.3 Å². The van der Waals surface area contributed by atoms with Crippen LogP contribution in [0.2, 0.25) is 0 Å². The molecule has 0 aromatic heterocycles. The molecule has 0 aliphatic heterocycles. The lowest BCUT2D eigenvalue weighted by Crippen LogP contribution is -2.50. The van der Waals surface area contributed by atoms with Gasteiger partial charge in [-0.2, -0.15) is 5.26 Å². The van der Waals surface area contributed by atoms with Gasteiger partial charge in [-0.05, 0) is 17.2 Å². The van der Waals surface area contributed by atoms with Crippen LogP contribution < -0.4 is 10.6 Å². The third-order valence-corrected chi connectivity index (χ3v) is 4.82. The van der Waals surface area contributed by atoms with Crippen LogP contribution in [0.4, 0.5) is 0 Å². The number of hydrogen-bond donors (Lipinski definition) is 2. The van der Waals surface area contributed by atoms with Gasteiger partial charge in [0, 0.05) is 18.4 Å². The SMILES string of the molecule is CS(=O)(=O)CC(NC(=O)c1ccccc1-c1ccccc1)C(=O)NCCC#N. The zero-order chi connectivity index (χ0) is 20.6. The number of sulfone groups is 1. The van der Waals surface area contributed by atoms with E-state index in [4.69, 9.17) is 5.26 Å². The molecule has 7 nitrogen and oxygen atoms in total. The maximum absolute atomic E-state index is 12.8. The molecule has 2 amide bonds. The minimum absolute atomic E-state index is 0.0755. The summed E-state index contributed by atoms with van der Waals surface area (Å²) in [6.07, 6.45) is 1.08. The summed E-state index contributed by atoms with van der Waals surface area (Å²) in [7, 11) is -3.53. The molecule has 0 saturated carbocycles. The molecule has 8 heteroatoms. The molecule has 0 aliphatic carbocycles. The van der Waals surface area contributed by atoms with E-state index in [2.05, 4.69) is 10.6 Å². The molecule has 28 heavy (non-hydrogen) atoms. The summed E-state index contributed by atoms with van der Waals surface area (Å²) in [6, 6.07) is 16.8. The van der Waals surface area contributed by atoms with Crippen LogP contribution in [0.3, 0.4) is 0 Å². The molecular formula is C20H21N3O4S. The lowest BCUT2D eigenvalue weighted by molar-refractivity contribution is -0.122. The average molecular weight is 399 g/mol. The summed E-state index contributed by atoms with van der Waals surface area (Å²) >= 11 is 0. The van der Waals surface area contributed by atoms with Crippen molar-refractivity contribution in [2.24, 2.45) is 0 Å². The van der Waals surface area contributed by atoms with Crippen LogP contribution in [0.1, 0.15) is 16.8 Å². The van der Waals surface area contributed by atoms with Gasteiger partial charge >= 0.3 is 0 Å². The van der Waals surface area contributed by atoms with Crippen LogP contribution in [0.25, 0.3) is 11.1 Å². The summed E-state index contributed by atoms with van der Waals surface area (Å²) in [4.78, 5) is 25.1. The molecule has 0 heterocycles. The van der Waals surface area contributed by atoms with Crippen molar-refractivity contribution in [1.82, 2.24) is 10.6 Å². The number of amides is 2. The topological polar surface area (TPSA) is 116 Å². The second-order valence-corrected chi connectivity index (χ2v) is 8.41. The standard InChI is InChI=1S/C20H21N3O4S/c1-28(26,27)14-18(20(25)22-13-7-12-21)23-19(24)17-11-6-5-10-16(17)15-8-3-2-4-9-15/h2-6,8-11,18H,7,13-14H2,1H3,(H,22,25)(H,23,24). The van der Waals surface area contributed by atoms with Crippen molar-refractivity contribution in [2.75, 3.05) is 18.6 Å². The molecule has 0 radical (unpaired) electrons. The van der Waals surface area contributed by atoms with Crippen molar-refractivity contribution >= 4 is 21.7 Å². The molecule has 2 aromatic rings. The third kappa shape index (κ3) is 6.21. The summed E-state index contributed by atoms with van der Waals surface area (Å²) in [6.45, 7) is 0.0755. The van der Waals surface area contributed by atoms with Crippen molar-refractivity contribution in [3.05, 3.63) is 60.2 Å². The molecule has 2 aromatic carbocycles. The van der Waals surface area contributed by atoms with Crippen molar-refractivity contribution in [1.29, 1.82) is 5.26 Å². The molecule has 2 N–H and O–H groups in total. The Bertz CT molecular complexity index is 982. The van der Waals surface area contributed by atoms with Crippen LogP contribution >= 0.6 is 0 Å². The Kier molecular flexibility index (Phi) is 7.29. The first-order valence-corrected chi connectivity index (χ1v) is 10.7. The molecule has 1 unspecified atom stereocenters. The number of rotatable bonds is 8. The summed E-state index contributed by atoms with van der Waals surface area (Å²) in [5.41, 5.74) is 1.83. The number of hydrogen-bond acceptors (Lipinski definition) is 5. The molecule has 0 spiro atoms. The van der Waals surface area contributed by atoms with E-state index in [0.717, 1.165) is 11.8 Å². The normalized spacial score (nSPS) is 11.9. The maximum Gasteiger partial charge on any atom is 0.252 e. The fourth-order valence-corrected chi connectivity index (χ4v) is 3.48. The molecular weight excluding hydrogens is 378 g/mol. The van der Waals surface area contributed by atoms with Gasteiger partial charge in [-0.1, -0.05) is 48.5 Å².